The fourth-order valence-corrected chi connectivity index (χ4v) is 2.88. The Bertz CT molecular complexity index is 1030. The fourth-order valence-electron chi connectivity index (χ4n) is 2.68. The Labute approximate surface area is 172 Å². The van der Waals surface area contributed by atoms with Gasteiger partial charge in [0, 0.05) is 11.2 Å². The predicted octanol–water partition coefficient (Wildman–Crippen LogP) is 3.64. The molecule has 0 aliphatic carbocycles. The zero-order chi connectivity index (χ0) is 20.8. The number of methoxy groups -OCH3 is 2. The Morgan fingerprint density at radius 1 is 1.10 bits per heavy atom. The maximum Gasteiger partial charge on any atom is 0.341 e. The van der Waals surface area contributed by atoms with Crippen molar-refractivity contribution in [2.45, 2.75) is 6.54 Å². The summed E-state index contributed by atoms with van der Waals surface area (Å²) >= 11 is 6.14. The molecule has 0 saturated carbocycles. The minimum absolute atomic E-state index is 0.238. The number of Topliss-reactive ketones (excluding diaryl/α,β-unsaturated/α-hetero) is 1. The Kier molecular flexibility index (Phi) is 6.51. The molecule has 0 unspecified atom stereocenters. The van der Waals surface area contributed by atoms with Crippen LogP contribution < -0.4 is 9.47 Å². The lowest BCUT2D eigenvalue weighted by Crippen LogP contribution is -2.15. The summed E-state index contributed by atoms with van der Waals surface area (Å²) in [6.07, 6.45) is 2.93. The van der Waals surface area contributed by atoms with E-state index in [1.54, 1.807) is 29.1 Å². The number of carbonyl (C=O) groups is 2. The molecule has 1 aromatic heterocycles. The summed E-state index contributed by atoms with van der Waals surface area (Å²) in [5.74, 6) is -0.177. The zero-order valence-electron chi connectivity index (χ0n) is 15.9. The molecule has 0 aliphatic heterocycles. The SMILES string of the molecule is COc1ccc(OC)c(C(=O)COC(=O)c2cnn(Cc3ccccc3Cl)c2)c1. The molecule has 0 atom stereocenters. The highest BCUT2D eigenvalue weighted by molar-refractivity contribution is 6.31. The lowest BCUT2D eigenvalue weighted by molar-refractivity contribution is 0.0474. The number of esters is 1. The van der Waals surface area contributed by atoms with Crippen LogP contribution in [0.25, 0.3) is 0 Å². The van der Waals surface area contributed by atoms with Crippen LogP contribution in [0.2, 0.25) is 5.02 Å². The monoisotopic (exact) mass is 414 g/mol. The molecule has 0 amide bonds. The first kappa shape index (κ1) is 20.4. The van der Waals surface area contributed by atoms with Gasteiger partial charge in [-0.15, -0.1) is 0 Å². The van der Waals surface area contributed by atoms with Crippen molar-refractivity contribution in [3.8, 4) is 11.5 Å². The number of carbonyl (C=O) groups excluding carboxylic acids is 2. The molecule has 0 bridgehead atoms. The van der Waals surface area contributed by atoms with E-state index < -0.39 is 18.4 Å². The highest BCUT2D eigenvalue weighted by Gasteiger charge is 2.17. The number of rotatable bonds is 8. The second-order valence-corrected chi connectivity index (χ2v) is 6.49. The van der Waals surface area contributed by atoms with Crippen molar-refractivity contribution in [2.24, 2.45) is 0 Å². The normalized spacial score (nSPS) is 10.4. The van der Waals surface area contributed by atoms with Crippen LogP contribution in [0.4, 0.5) is 0 Å². The van der Waals surface area contributed by atoms with Crippen LogP contribution in [0.3, 0.4) is 0 Å². The van der Waals surface area contributed by atoms with Gasteiger partial charge < -0.3 is 14.2 Å². The molecule has 1 heterocycles. The van der Waals surface area contributed by atoms with Crippen molar-refractivity contribution in [1.29, 1.82) is 0 Å². The Morgan fingerprint density at radius 3 is 2.62 bits per heavy atom. The van der Waals surface area contributed by atoms with Gasteiger partial charge in [0.2, 0.25) is 5.78 Å². The summed E-state index contributed by atoms with van der Waals surface area (Å²) in [5, 5.41) is 4.76. The third-order valence-corrected chi connectivity index (χ3v) is 4.57. The van der Waals surface area contributed by atoms with Gasteiger partial charge in [-0.2, -0.15) is 5.10 Å². The largest absolute Gasteiger partial charge is 0.497 e. The van der Waals surface area contributed by atoms with E-state index in [9.17, 15) is 9.59 Å². The van der Waals surface area contributed by atoms with Crippen LogP contribution in [0.15, 0.2) is 54.9 Å². The van der Waals surface area contributed by atoms with Gasteiger partial charge >= 0.3 is 5.97 Å². The van der Waals surface area contributed by atoms with E-state index in [1.807, 2.05) is 18.2 Å². The molecule has 7 nitrogen and oxygen atoms in total. The fraction of sp³-hybridized carbons (Fsp3) is 0.190. The van der Waals surface area contributed by atoms with Crippen molar-refractivity contribution in [2.75, 3.05) is 20.8 Å². The number of nitrogens with zero attached hydrogens (tertiary/aromatic N) is 2. The molecule has 0 saturated heterocycles. The third kappa shape index (κ3) is 4.94. The van der Waals surface area contributed by atoms with Gasteiger partial charge in [-0.25, -0.2) is 4.79 Å². The molecule has 0 N–H and O–H groups in total. The van der Waals surface area contributed by atoms with Gasteiger partial charge in [0.25, 0.3) is 0 Å². The first-order chi connectivity index (χ1) is 14.0. The van der Waals surface area contributed by atoms with E-state index in [0.29, 0.717) is 23.1 Å². The number of ether oxygens (including phenoxy) is 3. The molecule has 0 spiro atoms. The summed E-state index contributed by atoms with van der Waals surface area (Å²) in [7, 11) is 2.95. The van der Waals surface area contributed by atoms with Crippen molar-refractivity contribution in [3.05, 3.63) is 76.6 Å². The van der Waals surface area contributed by atoms with E-state index in [1.165, 1.54) is 26.5 Å². The standard InChI is InChI=1S/C21H19ClN2O5/c1-27-16-7-8-20(28-2)17(9-16)19(25)13-29-21(26)15-10-23-24(12-15)11-14-5-3-4-6-18(14)22/h3-10,12H,11,13H2,1-2H3. The second kappa shape index (κ2) is 9.25. The Hall–Kier alpha value is -3.32. The van der Waals surface area contributed by atoms with Crippen molar-refractivity contribution < 1.29 is 23.8 Å². The van der Waals surface area contributed by atoms with Crippen LogP contribution in [0, 0.1) is 0 Å². The minimum atomic E-state index is -0.648. The summed E-state index contributed by atoms with van der Waals surface area (Å²) in [5.41, 5.74) is 1.38. The molecule has 3 aromatic rings. The van der Waals surface area contributed by atoms with E-state index >= 15 is 0 Å². The molecule has 0 aliphatic rings. The van der Waals surface area contributed by atoms with Crippen LogP contribution in [0.5, 0.6) is 11.5 Å². The van der Waals surface area contributed by atoms with Crippen molar-refractivity contribution in [1.82, 2.24) is 9.78 Å². The number of aromatic nitrogens is 2. The van der Waals surface area contributed by atoms with Gasteiger partial charge in [-0.1, -0.05) is 29.8 Å². The molecule has 29 heavy (non-hydrogen) atoms. The smallest absolute Gasteiger partial charge is 0.341 e. The van der Waals surface area contributed by atoms with Crippen molar-refractivity contribution >= 4 is 23.4 Å². The highest BCUT2D eigenvalue weighted by atomic mass is 35.5. The third-order valence-electron chi connectivity index (χ3n) is 4.20. The van der Waals surface area contributed by atoms with E-state index in [2.05, 4.69) is 5.10 Å². The predicted molar refractivity (Wildman–Crippen MR) is 107 cm³/mol. The summed E-state index contributed by atoms with van der Waals surface area (Å²) in [4.78, 5) is 24.7. The quantitative estimate of drug-likeness (QED) is 0.413. The van der Waals surface area contributed by atoms with Crippen LogP contribution >= 0.6 is 11.6 Å². The maximum atomic E-state index is 12.5. The number of hydrogen-bond acceptors (Lipinski definition) is 6. The molecule has 8 heteroatoms. The number of halogens is 1. The molecule has 0 radical (unpaired) electrons. The van der Waals surface area contributed by atoms with Gasteiger partial charge in [0.05, 0.1) is 38.1 Å². The number of hydrogen-bond donors (Lipinski definition) is 0. The molecule has 3 rings (SSSR count). The molecular formula is C21H19ClN2O5. The summed E-state index contributed by atoms with van der Waals surface area (Å²) < 4.78 is 17.0. The first-order valence-electron chi connectivity index (χ1n) is 8.70. The lowest BCUT2D eigenvalue weighted by Gasteiger charge is -2.09. The topological polar surface area (TPSA) is 79.7 Å². The zero-order valence-corrected chi connectivity index (χ0v) is 16.7. The van der Waals surface area contributed by atoms with Gasteiger partial charge in [0.1, 0.15) is 11.5 Å². The molecular weight excluding hydrogens is 396 g/mol. The molecule has 150 valence electrons. The Balaban J connectivity index is 1.63. The van der Waals surface area contributed by atoms with Gasteiger partial charge in [-0.05, 0) is 29.8 Å². The number of benzene rings is 2. The first-order valence-corrected chi connectivity index (χ1v) is 9.08. The van der Waals surface area contributed by atoms with E-state index in [4.69, 9.17) is 25.8 Å². The second-order valence-electron chi connectivity index (χ2n) is 6.08. The minimum Gasteiger partial charge on any atom is -0.497 e. The van der Waals surface area contributed by atoms with Gasteiger partial charge in [-0.3, -0.25) is 9.48 Å². The van der Waals surface area contributed by atoms with Crippen molar-refractivity contribution in [3.63, 3.8) is 0 Å². The average molecular weight is 415 g/mol. The van der Waals surface area contributed by atoms with Crippen LogP contribution in [-0.4, -0.2) is 42.4 Å². The maximum absolute atomic E-state index is 12.5. The van der Waals surface area contributed by atoms with E-state index in [0.717, 1.165) is 5.56 Å². The highest BCUT2D eigenvalue weighted by Crippen LogP contribution is 2.24. The van der Waals surface area contributed by atoms with Crippen LogP contribution in [0.1, 0.15) is 26.3 Å². The van der Waals surface area contributed by atoms with Gasteiger partial charge in [0.15, 0.2) is 6.61 Å². The Morgan fingerprint density at radius 2 is 1.90 bits per heavy atom. The average Bonchev–Trinajstić information content (AvgIpc) is 3.21. The van der Waals surface area contributed by atoms with Crippen LogP contribution in [-0.2, 0) is 11.3 Å². The molecule has 0 fully saturated rings. The lowest BCUT2D eigenvalue weighted by atomic mass is 10.1. The number of ketones is 1. The molecule has 2 aromatic carbocycles. The van der Waals surface area contributed by atoms with E-state index in [-0.39, 0.29) is 11.1 Å². The summed E-state index contributed by atoms with van der Waals surface area (Å²) in [6.45, 7) is -0.0229. The summed E-state index contributed by atoms with van der Waals surface area (Å²) in [6, 6.07) is 12.2.